The number of carboxylic acid groups (broad SMARTS) is 1. The number of carbonyl (C=O) groups is 1. The second-order valence-electron chi connectivity index (χ2n) is 3.43. The molecule has 0 spiro atoms. The van der Waals surface area contributed by atoms with Gasteiger partial charge in [0.15, 0.2) is 0 Å². The molecule has 5 heteroatoms. The molecular formula is C11H12N2O3. The van der Waals surface area contributed by atoms with Crippen LogP contribution in [-0.2, 0) is 16.0 Å². The van der Waals surface area contributed by atoms with Crippen LogP contribution in [0.3, 0.4) is 0 Å². The fourth-order valence-electron chi connectivity index (χ4n) is 1.47. The largest absolute Gasteiger partial charge is 0.481 e. The molecule has 2 rings (SSSR count). The topological polar surface area (TPSA) is 70.9 Å². The number of carboxylic acids is 1. The summed E-state index contributed by atoms with van der Waals surface area (Å²) in [6, 6.07) is 7.69. The summed E-state index contributed by atoms with van der Waals surface area (Å²) < 4.78 is 5.20. The number of rotatable bonds is 3. The third-order valence-corrected chi connectivity index (χ3v) is 2.12. The lowest BCUT2D eigenvalue weighted by Crippen LogP contribution is -2.12. The number of ether oxygens (including phenoxy) is 1. The minimum absolute atomic E-state index is 0.0167. The molecule has 1 aliphatic rings. The number of anilines is 1. The first kappa shape index (κ1) is 10.5. The number of benzene rings is 1. The second-order valence-corrected chi connectivity index (χ2v) is 3.43. The van der Waals surface area contributed by atoms with Crippen molar-refractivity contribution in [1.29, 1.82) is 0 Å². The van der Waals surface area contributed by atoms with Crippen LogP contribution in [0.1, 0.15) is 5.56 Å². The molecule has 1 heterocycles. The average Bonchev–Trinajstić information content (AvgIpc) is 2.70. The highest BCUT2D eigenvalue weighted by molar-refractivity contribution is 5.90. The Hall–Kier alpha value is -2.04. The maximum absolute atomic E-state index is 10.6. The Bertz CT molecular complexity index is 429. The molecular weight excluding hydrogens is 208 g/mol. The van der Waals surface area contributed by atoms with Crippen molar-refractivity contribution in [3.05, 3.63) is 29.8 Å². The molecule has 0 radical (unpaired) electrons. The number of amidine groups is 1. The summed E-state index contributed by atoms with van der Waals surface area (Å²) >= 11 is 0. The molecule has 2 N–H and O–H groups in total. The Morgan fingerprint density at radius 3 is 3.12 bits per heavy atom. The molecule has 1 aliphatic heterocycles. The Balaban J connectivity index is 2.06. The molecule has 84 valence electrons. The number of nitrogens with zero attached hydrogens (tertiary/aromatic N) is 1. The van der Waals surface area contributed by atoms with Crippen molar-refractivity contribution in [3.63, 3.8) is 0 Å². The molecule has 1 aromatic rings. The van der Waals surface area contributed by atoms with Crippen molar-refractivity contribution in [2.24, 2.45) is 4.99 Å². The molecule has 0 aromatic heterocycles. The van der Waals surface area contributed by atoms with Gasteiger partial charge in [-0.1, -0.05) is 12.1 Å². The van der Waals surface area contributed by atoms with Crippen LogP contribution in [-0.4, -0.2) is 30.2 Å². The van der Waals surface area contributed by atoms with Gasteiger partial charge in [-0.25, -0.2) is 4.99 Å². The lowest BCUT2D eigenvalue weighted by Gasteiger charge is -2.06. The van der Waals surface area contributed by atoms with Crippen LogP contribution in [0.15, 0.2) is 29.3 Å². The number of hydrogen-bond donors (Lipinski definition) is 2. The molecule has 0 bridgehead atoms. The molecule has 0 saturated carbocycles. The summed E-state index contributed by atoms with van der Waals surface area (Å²) in [5.74, 6) is -0.841. The van der Waals surface area contributed by atoms with E-state index in [2.05, 4.69) is 10.3 Å². The van der Waals surface area contributed by atoms with Crippen molar-refractivity contribution >= 4 is 17.7 Å². The van der Waals surface area contributed by atoms with Crippen molar-refractivity contribution in [3.8, 4) is 0 Å². The van der Waals surface area contributed by atoms with Crippen molar-refractivity contribution in [1.82, 2.24) is 0 Å². The van der Waals surface area contributed by atoms with Crippen LogP contribution in [0.4, 0.5) is 5.69 Å². The zero-order valence-electron chi connectivity index (χ0n) is 8.64. The monoisotopic (exact) mass is 220 g/mol. The molecule has 0 amide bonds. The van der Waals surface area contributed by atoms with Gasteiger partial charge in [0.05, 0.1) is 13.0 Å². The van der Waals surface area contributed by atoms with Crippen molar-refractivity contribution in [2.75, 3.05) is 18.5 Å². The average molecular weight is 220 g/mol. The Kier molecular flexibility index (Phi) is 3.05. The molecule has 1 aromatic carbocycles. The van der Waals surface area contributed by atoms with E-state index in [9.17, 15) is 4.79 Å². The molecule has 0 saturated heterocycles. The molecule has 5 nitrogen and oxygen atoms in total. The first-order valence-corrected chi connectivity index (χ1v) is 4.99. The van der Waals surface area contributed by atoms with E-state index in [-0.39, 0.29) is 6.42 Å². The Morgan fingerprint density at radius 2 is 2.44 bits per heavy atom. The molecule has 0 fully saturated rings. The van der Waals surface area contributed by atoms with Gasteiger partial charge in [0.2, 0.25) is 0 Å². The summed E-state index contributed by atoms with van der Waals surface area (Å²) in [6.45, 7) is 1.26. The van der Waals surface area contributed by atoms with E-state index in [1.165, 1.54) is 0 Å². The van der Waals surface area contributed by atoms with E-state index >= 15 is 0 Å². The van der Waals surface area contributed by atoms with E-state index in [0.29, 0.717) is 19.2 Å². The Morgan fingerprint density at radius 1 is 1.56 bits per heavy atom. The third-order valence-electron chi connectivity index (χ3n) is 2.12. The highest BCUT2D eigenvalue weighted by atomic mass is 16.5. The summed E-state index contributed by atoms with van der Waals surface area (Å²) in [4.78, 5) is 14.6. The fraction of sp³-hybridized carbons (Fsp3) is 0.273. The van der Waals surface area contributed by atoms with Gasteiger partial charge < -0.3 is 15.2 Å². The van der Waals surface area contributed by atoms with E-state index < -0.39 is 5.97 Å². The predicted molar refractivity (Wildman–Crippen MR) is 59.7 cm³/mol. The molecule has 0 atom stereocenters. The van der Waals surface area contributed by atoms with Crippen LogP contribution in [0.25, 0.3) is 0 Å². The second kappa shape index (κ2) is 4.65. The Labute approximate surface area is 92.8 Å². The number of hydrogen-bond acceptors (Lipinski definition) is 4. The summed E-state index contributed by atoms with van der Waals surface area (Å²) in [6.07, 6.45) is 0.0167. The van der Waals surface area contributed by atoms with Gasteiger partial charge in [-0.2, -0.15) is 0 Å². The van der Waals surface area contributed by atoms with Crippen molar-refractivity contribution in [2.45, 2.75) is 6.42 Å². The van der Waals surface area contributed by atoms with Crippen molar-refractivity contribution < 1.29 is 14.6 Å². The van der Waals surface area contributed by atoms with Gasteiger partial charge in [-0.15, -0.1) is 0 Å². The minimum Gasteiger partial charge on any atom is -0.481 e. The smallest absolute Gasteiger partial charge is 0.307 e. The SMILES string of the molecule is O=C(O)Cc1cccc(NC2=NCCO2)c1. The van der Waals surface area contributed by atoms with Gasteiger partial charge in [0.1, 0.15) is 6.61 Å². The van der Waals surface area contributed by atoms with Crippen LogP contribution < -0.4 is 5.32 Å². The van der Waals surface area contributed by atoms with Gasteiger partial charge >= 0.3 is 5.97 Å². The summed E-state index contributed by atoms with van der Waals surface area (Å²) in [5, 5.41) is 11.7. The maximum Gasteiger partial charge on any atom is 0.307 e. The molecule has 0 unspecified atom stereocenters. The third kappa shape index (κ3) is 2.73. The number of aliphatic carboxylic acids is 1. The lowest BCUT2D eigenvalue weighted by atomic mass is 10.1. The number of nitrogens with one attached hydrogen (secondary N) is 1. The van der Waals surface area contributed by atoms with Crippen LogP contribution in [0.2, 0.25) is 0 Å². The van der Waals surface area contributed by atoms with E-state index in [1.54, 1.807) is 18.2 Å². The van der Waals surface area contributed by atoms with E-state index in [4.69, 9.17) is 9.84 Å². The fourth-order valence-corrected chi connectivity index (χ4v) is 1.47. The standard InChI is InChI=1S/C11H12N2O3/c14-10(15)7-8-2-1-3-9(6-8)13-11-12-4-5-16-11/h1-3,6H,4-5,7H2,(H,12,13)(H,14,15). The van der Waals surface area contributed by atoms with Crippen LogP contribution in [0.5, 0.6) is 0 Å². The van der Waals surface area contributed by atoms with Gasteiger partial charge in [0.25, 0.3) is 6.02 Å². The zero-order chi connectivity index (χ0) is 11.4. The maximum atomic E-state index is 10.6. The molecule has 0 aliphatic carbocycles. The quantitative estimate of drug-likeness (QED) is 0.800. The normalized spacial score (nSPS) is 14.1. The lowest BCUT2D eigenvalue weighted by molar-refractivity contribution is -0.136. The first-order chi connectivity index (χ1) is 7.74. The summed E-state index contributed by atoms with van der Waals surface area (Å²) in [5.41, 5.74) is 1.54. The van der Waals surface area contributed by atoms with Gasteiger partial charge in [0, 0.05) is 5.69 Å². The highest BCUT2D eigenvalue weighted by Gasteiger charge is 2.07. The zero-order valence-corrected chi connectivity index (χ0v) is 8.64. The van der Waals surface area contributed by atoms with Crippen LogP contribution >= 0.6 is 0 Å². The van der Waals surface area contributed by atoms with Crippen LogP contribution in [0, 0.1) is 0 Å². The van der Waals surface area contributed by atoms with E-state index in [1.807, 2.05) is 6.07 Å². The van der Waals surface area contributed by atoms with Gasteiger partial charge in [-0.3, -0.25) is 4.79 Å². The summed E-state index contributed by atoms with van der Waals surface area (Å²) in [7, 11) is 0. The minimum atomic E-state index is -0.841. The number of aliphatic imine (C=N–C) groups is 1. The first-order valence-electron chi connectivity index (χ1n) is 4.99. The van der Waals surface area contributed by atoms with Gasteiger partial charge in [-0.05, 0) is 17.7 Å². The highest BCUT2D eigenvalue weighted by Crippen LogP contribution is 2.12. The molecule has 16 heavy (non-hydrogen) atoms. The predicted octanol–water partition coefficient (Wildman–Crippen LogP) is 1.11. The van der Waals surface area contributed by atoms with E-state index in [0.717, 1.165) is 11.3 Å².